The van der Waals surface area contributed by atoms with Crippen LogP contribution in [0.1, 0.15) is 12.5 Å². The second-order valence-corrected chi connectivity index (χ2v) is 5.40. The first kappa shape index (κ1) is 15.4. The van der Waals surface area contributed by atoms with Gasteiger partial charge in [-0.3, -0.25) is 4.79 Å². The zero-order valence-electron chi connectivity index (χ0n) is 11.6. The molecule has 21 heavy (non-hydrogen) atoms. The molecular weight excluding hydrogens is 339 g/mol. The van der Waals surface area contributed by atoms with E-state index in [1.807, 2.05) is 13.0 Å². The third kappa shape index (κ3) is 4.26. The molecule has 2 aromatic rings. The Morgan fingerprint density at radius 2 is 2.14 bits per heavy atom. The van der Waals surface area contributed by atoms with Crippen molar-refractivity contribution in [3.05, 3.63) is 52.4 Å². The van der Waals surface area contributed by atoms with Crippen molar-refractivity contribution < 1.29 is 13.9 Å². The summed E-state index contributed by atoms with van der Waals surface area (Å²) >= 11 is 3.19. The van der Waals surface area contributed by atoms with E-state index in [4.69, 9.17) is 4.74 Å². The number of amides is 1. The SMILES string of the molecule is Cc1ccnc(NC(=O)C(C)Oc2ccc(F)cc2Br)c1. The van der Waals surface area contributed by atoms with Gasteiger partial charge in [0.2, 0.25) is 0 Å². The molecule has 0 saturated heterocycles. The summed E-state index contributed by atoms with van der Waals surface area (Å²) in [6, 6.07) is 7.62. The maximum Gasteiger partial charge on any atom is 0.266 e. The highest BCUT2D eigenvalue weighted by molar-refractivity contribution is 9.10. The van der Waals surface area contributed by atoms with Crippen LogP contribution in [0.25, 0.3) is 0 Å². The standard InChI is InChI=1S/C15H14BrFN2O2/c1-9-5-6-18-14(7-9)19-15(20)10(2)21-13-4-3-11(17)8-12(13)16/h3-8,10H,1-2H3,(H,18,19,20). The monoisotopic (exact) mass is 352 g/mol. The molecule has 2 rings (SSSR count). The van der Waals surface area contributed by atoms with Crippen molar-refractivity contribution in [3.63, 3.8) is 0 Å². The lowest BCUT2D eigenvalue weighted by Crippen LogP contribution is -2.30. The molecule has 1 amide bonds. The van der Waals surface area contributed by atoms with E-state index in [9.17, 15) is 9.18 Å². The van der Waals surface area contributed by atoms with Gasteiger partial charge < -0.3 is 10.1 Å². The van der Waals surface area contributed by atoms with E-state index in [-0.39, 0.29) is 11.7 Å². The Morgan fingerprint density at radius 1 is 1.38 bits per heavy atom. The number of rotatable bonds is 4. The largest absolute Gasteiger partial charge is 0.480 e. The molecule has 0 aliphatic carbocycles. The van der Waals surface area contributed by atoms with Gasteiger partial charge in [0.25, 0.3) is 5.91 Å². The molecule has 0 bridgehead atoms. The van der Waals surface area contributed by atoms with E-state index in [1.165, 1.54) is 18.2 Å². The zero-order valence-corrected chi connectivity index (χ0v) is 13.1. The molecule has 0 fully saturated rings. The maximum absolute atomic E-state index is 13.0. The molecule has 0 radical (unpaired) electrons. The molecule has 1 aromatic heterocycles. The second-order valence-electron chi connectivity index (χ2n) is 4.54. The number of carbonyl (C=O) groups is 1. The van der Waals surface area contributed by atoms with Gasteiger partial charge in [0, 0.05) is 6.20 Å². The number of halogens is 2. The third-order valence-corrected chi connectivity index (χ3v) is 3.35. The molecule has 1 atom stereocenters. The van der Waals surface area contributed by atoms with Gasteiger partial charge in [0.1, 0.15) is 17.4 Å². The summed E-state index contributed by atoms with van der Waals surface area (Å²) < 4.78 is 19.0. The van der Waals surface area contributed by atoms with Crippen LogP contribution >= 0.6 is 15.9 Å². The number of nitrogens with one attached hydrogen (secondary N) is 1. The quantitative estimate of drug-likeness (QED) is 0.912. The summed E-state index contributed by atoms with van der Waals surface area (Å²) in [5.41, 5.74) is 0.996. The number of pyridine rings is 1. The Labute approximate surface area is 130 Å². The molecule has 0 aliphatic rings. The fourth-order valence-electron chi connectivity index (χ4n) is 1.65. The Hall–Kier alpha value is -1.95. The van der Waals surface area contributed by atoms with Gasteiger partial charge in [-0.25, -0.2) is 9.37 Å². The average Bonchev–Trinajstić information content (AvgIpc) is 2.41. The predicted molar refractivity (Wildman–Crippen MR) is 81.8 cm³/mol. The minimum absolute atomic E-state index is 0.329. The normalized spacial score (nSPS) is 11.8. The molecule has 0 spiro atoms. The molecule has 4 nitrogen and oxygen atoms in total. The van der Waals surface area contributed by atoms with Crippen molar-refractivity contribution >= 4 is 27.7 Å². The smallest absolute Gasteiger partial charge is 0.266 e. The summed E-state index contributed by atoms with van der Waals surface area (Å²) in [6.45, 7) is 3.52. The highest BCUT2D eigenvalue weighted by atomic mass is 79.9. The predicted octanol–water partition coefficient (Wildman–Crippen LogP) is 3.70. The van der Waals surface area contributed by atoms with Gasteiger partial charge in [0.05, 0.1) is 4.47 Å². The Kier molecular flexibility index (Phi) is 4.90. The van der Waals surface area contributed by atoms with Gasteiger partial charge in [0.15, 0.2) is 6.10 Å². The van der Waals surface area contributed by atoms with Crippen LogP contribution in [0.2, 0.25) is 0 Å². The molecule has 1 unspecified atom stereocenters. The molecule has 1 heterocycles. The lowest BCUT2D eigenvalue weighted by molar-refractivity contribution is -0.122. The highest BCUT2D eigenvalue weighted by Gasteiger charge is 2.16. The average molecular weight is 353 g/mol. The van der Waals surface area contributed by atoms with Gasteiger partial charge in [-0.05, 0) is 65.7 Å². The van der Waals surface area contributed by atoms with Crippen molar-refractivity contribution in [3.8, 4) is 5.75 Å². The third-order valence-electron chi connectivity index (χ3n) is 2.73. The summed E-state index contributed by atoms with van der Waals surface area (Å²) in [5.74, 6) is 0.157. The van der Waals surface area contributed by atoms with E-state index in [0.717, 1.165) is 5.56 Å². The van der Waals surface area contributed by atoms with E-state index in [0.29, 0.717) is 16.0 Å². The van der Waals surface area contributed by atoms with Crippen LogP contribution in [0.4, 0.5) is 10.2 Å². The summed E-state index contributed by atoms with van der Waals surface area (Å²) in [6.07, 6.45) is 0.876. The molecule has 110 valence electrons. The van der Waals surface area contributed by atoms with Crippen molar-refractivity contribution in [2.45, 2.75) is 20.0 Å². The van der Waals surface area contributed by atoms with Crippen molar-refractivity contribution in [2.24, 2.45) is 0 Å². The van der Waals surface area contributed by atoms with Crippen molar-refractivity contribution in [1.82, 2.24) is 4.98 Å². The second kappa shape index (κ2) is 6.67. The fourth-order valence-corrected chi connectivity index (χ4v) is 2.09. The minimum atomic E-state index is -0.742. The van der Waals surface area contributed by atoms with E-state index >= 15 is 0 Å². The number of aryl methyl sites for hydroxylation is 1. The first-order chi connectivity index (χ1) is 9.95. The Balaban J connectivity index is 2.02. The van der Waals surface area contributed by atoms with E-state index in [1.54, 1.807) is 19.2 Å². The first-order valence-electron chi connectivity index (χ1n) is 6.31. The molecular formula is C15H14BrFN2O2. The van der Waals surface area contributed by atoms with Crippen LogP contribution in [-0.2, 0) is 4.79 Å². The zero-order chi connectivity index (χ0) is 15.4. The molecule has 0 aliphatic heterocycles. The summed E-state index contributed by atoms with van der Waals surface area (Å²) in [5, 5.41) is 2.67. The number of hydrogen-bond acceptors (Lipinski definition) is 3. The maximum atomic E-state index is 13.0. The number of carbonyl (C=O) groups excluding carboxylic acids is 1. The van der Waals surface area contributed by atoms with Crippen molar-refractivity contribution in [2.75, 3.05) is 5.32 Å². The Morgan fingerprint density at radius 3 is 2.81 bits per heavy atom. The lowest BCUT2D eigenvalue weighted by Gasteiger charge is -2.15. The number of hydrogen-bond donors (Lipinski definition) is 1. The van der Waals surface area contributed by atoms with Crippen LogP contribution < -0.4 is 10.1 Å². The number of nitrogens with zero attached hydrogens (tertiary/aromatic N) is 1. The van der Waals surface area contributed by atoms with E-state index < -0.39 is 6.10 Å². The lowest BCUT2D eigenvalue weighted by atomic mass is 10.3. The molecule has 6 heteroatoms. The molecule has 1 aromatic carbocycles. The Bertz CT molecular complexity index is 664. The topological polar surface area (TPSA) is 51.2 Å². The van der Waals surface area contributed by atoms with Gasteiger partial charge in [-0.2, -0.15) is 0 Å². The van der Waals surface area contributed by atoms with Crippen LogP contribution in [0, 0.1) is 12.7 Å². The first-order valence-corrected chi connectivity index (χ1v) is 7.10. The summed E-state index contributed by atoms with van der Waals surface area (Å²) in [7, 11) is 0. The van der Waals surface area contributed by atoms with Gasteiger partial charge in [-0.15, -0.1) is 0 Å². The van der Waals surface area contributed by atoms with E-state index in [2.05, 4.69) is 26.2 Å². The minimum Gasteiger partial charge on any atom is -0.480 e. The fraction of sp³-hybridized carbons (Fsp3) is 0.200. The summed E-state index contributed by atoms with van der Waals surface area (Å²) in [4.78, 5) is 16.1. The van der Waals surface area contributed by atoms with Gasteiger partial charge in [-0.1, -0.05) is 0 Å². The highest BCUT2D eigenvalue weighted by Crippen LogP contribution is 2.26. The van der Waals surface area contributed by atoms with Gasteiger partial charge >= 0.3 is 0 Å². The van der Waals surface area contributed by atoms with Crippen LogP contribution in [-0.4, -0.2) is 17.0 Å². The number of benzene rings is 1. The number of ether oxygens (including phenoxy) is 1. The molecule has 0 saturated carbocycles. The number of anilines is 1. The van der Waals surface area contributed by atoms with Crippen LogP contribution in [0.15, 0.2) is 41.0 Å². The van der Waals surface area contributed by atoms with Crippen molar-refractivity contribution in [1.29, 1.82) is 0 Å². The number of aromatic nitrogens is 1. The molecule has 1 N–H and O–H groups in total. The van der Waals surface area contributed by atoms with Crippen LogP contribution in [0.5, 0.6) is 5.75 Å². The van der Waals surface area contributed by atoms with Crippen LogP contribution in [0.3, 0.4) is 0 Å².